The number of anilines is 1. The number of fused-ring (bicyclic) bond motifs is 7. The lowest BCUT2D eigenvalue weighted by molar-refractivity contribution is 0.226. The van der Waals surface area contributed by atoms with E-state index in [9.17, 15) is 9.47 Å². The van der Waals surface area contributed by atoms with Crippen LogP contribution in [0.25, 0.3) is 11.1 Å². The molecule has 0 saturated carbocycles. The molecule has 8 nitrogen and oxygen atoms in total. The first kappa shape index (κ1) is 20.5. The fourth-order valence-electron chi connectivity index (χ4n) is 4.66. The summed E-state index contributed by atoms with van der Waals surface area (Å²) in [5.74, 6) is 1.47. The van der Waals surface area contributed by atoms with E-state index in [-0.39, 0.29) is 17.2 Å². The Labute approximate surface area is 187 Å². The second kappa shape index (κ2) is 7.35. The summed E-state index contributed by atoms with van der Waals surface area (Å²) in [6, 6.07) is 10.1. The first-order valence-corrected chi connectivity index (χ1v) is 12.3. The van der Waals surface area contributed by atoms with Crippen LogP contribution < -0.4 is 10.5 Å². The topological polar surface area (TPSA) is 119 Å². The van der Waals surface area contributed by atoms with Crippen LogP contribution in [0.2, 0.25) is 0 Å². The molecular formula is C23H24N6O2S. The van der Waals surface area contributed by atoms with Crippen LogP contribution in [-0.2, 0) is 16.8 Å². The van der Waals surface area contributed by atoms with Crippen LogP contribution in [0.5, 0.6) is 5.75 Å². The molecule has 3 aromatic rings. The average molecular weight is 449 g/mol. The van der Waals surface area contributed by atoms with Gasteiger partial charge in [0.15, 0.2) is 17.4 Å². The van der Waals surface area contributed by atoms with Gasteiger partial charge in [-0.15, -0.1) is 0 Å². The van der Waals surface area contributed by atoms with Crippen LogP contribution in [0.4, 0.5) is 11.6 Å². The molecule has 2 unspecified atom stereocenters. The van der Waals surface area contributed by atoms with Crippen molar-refractivity contribution < 1.29 is 8.95 Å². The Balaban J connectivity index is 1.88. The molecule has 1 aromatic carbocycles. The van der Waals surface area contributed by atoms with Crippen molar-refractivity contribution in [3.63, 3.8) is 0 Å². The van der Waals surface area contributed by atoms with Crippen molar-refractivity contribution in [2.24, 2.45) is 11.4 Å². The van der Waals surface area contributed by atoms with Gasteiger partial charge in [-0.05, 0) is 43.9 Å². The summed E-state index contributed by atoms with van der Waals surface area (Å²) in [5.41, 5.74) is 10.6. The number of rotatable bonds is 0. The van der Waals surface area contributed by atoms with E-state index >= 15 is 0 Å². The normalized spacial score (nSPS) is 23.9. The van der Waals surface area contributed by atoms with Crippen LogP contribution >= 0.6 is 0 Å². The van der Waals surface area contributed by atoms with Crippen LogP contribution in [0.15, 0.2) is 34.8 Å². The number of benzene rings is 1. The van der Waals surface area contributed by atoms with Crippen molar-refractivity contribution in [2.75, 3.05) is 11.5 Å². The van der Waals surface area contributed by atoms with Crippen molar-refractivity contribution in [1.29, 1.82) is 5.26 Å². The van der Waals surface area contributed by atoms with Crippen molar-refractivity contribution in [2.45, 2.75) is 38.0 Å². The molecule has 9 heteroatoms. The number of aryl methyl sites for hydroxylation is 2. The second-order valence-corrected chi connectivity index (χ2v) is 10.9. The molecule has 3 atom stereocenters. The number of ether oxygens (including phenoxy) is 1. The van der Waals surface area contributed by atoms with Gasteiger partial charge < -0.3 is 10.5 Å². The number of nitrogens with zero attached hydrogens (tertiary/aromatic N) is 5. The van der Waals surface area contributed by atoms with Gasteiger partial charge >= 0.3 is 0 Å². The molecule has 2 N–H and O–H groups in total. The smallest absolute Gasteiger partial charge is 0.192 e. The third-order valence-corrected chi connectivity index (χ3v) is 8.96. The summed E-state index contributed by atoms with van der Waals surface area (Å²) < 4.78 is 26.8. The molecule has 164 valence electrons. The minimum atomic E-state index is -2.66. The molecule has 1 saturated heterocycles. The van der Waals surface area contributed by atoms with Crippen LogP contribution in [0.1, 0.15) is 53.5 Å². The zero-order valence-electron chi connectivity index (χ0n) is 18.2. The highest BCUT2D eigenvalue weighted by atomic mass is 32.2. The van der Waals surface area contributed by atoms with Crippen LogP contribution in [0, 0.1) is 18.3 Å². The quantitative estimate of drug-likeness (QED) is 0.546. The first-order chi connectivity index (χ1) is 15.3. The summed E-state index contributed by atoms with van der Waals surface area (Å²) in [7, 11) is -0.979. The highest BCUT2D eigenvalue weighted by molar-refractivity contribution is 7.94. The molecular weight excluding hydrogens is 424 g/mol. The van der Waals surface area contributed by atoms with E-state index in [1.54, 1.807) is 19.3 Å². The lowest BCUT2D eigenvalue weighted by Crippen LogP contribution is -2.15. The lowest BCUT2D eigenvalue weighted by atomic mass is 9.96. The number of pyridine rings is 1. The van der Waals surface area contributed by atoms with E-state index < -0.39 is 9.73 Å². The van der Waals surface area contributed by atoms with Gasteiger partial charge in [0, 0.05) is 24.6 Å². The van der Waals surface area contributed by atoms with Gasteiger partial charge in [-0.1, -0.05) is 23.8 Å². The maximum atomic E-state index is 14.2. The van der Waals surface area contributed by atoms with E-state index in [4.69, 9.17) is 14.8 Å². The number of nitrogen functional groups attached to an aromatic ring is 1. The molecule has 0 amide bonds. The molecule has 32 heavy (non-hydrogen) atoms. The number of hydrogen-bond acceptors (Lipinski definition) is 7. The van der Waals surface area contributed by atoms with Crippen molar-refractivity contribution >= 4 is 21.4 Å². The Morgan fingerprint density at radius 1 is 1.31 bits per heavy atom. The Kier molecular flexibility index (Phi) is 4.71. The Morgan fingerprint density at radius 3 is 2.91 bits per heavy atom. The number of aromatic nitrogens is 3. The highest BCUT2D eigenvalue weighted by Gasteiger charge is 2.35. The van der Waals surface area contributed by atoms with Crippen molar-refractivity contribution in [3.05, 3.63) is 52.8 Å². The SMILES string of the molecule is Cc1ccc2c(c1)[C@@H](C)Oc1cc(cnc1N)-c1c(nn(C)c1C#N)N=S1(=O)CCCC21. The van der Waals surface area contributed by atoms with Crippen molar-refractivity contribution in [1.82, 2.24) is 14.8 Å². The summed E-state index contributed by atoms with van der Waals surface area (Å²) in [4.78, 5) is 4.30. The zero-order chi connectivity index (χ0) is 22.6. The van der Waals surface area contributed by atoms with E-state index in [0.29, 0.717) is 34.1 Å². The van der Waals surface area contributed by atoms with Crippen LogP contribution in [-0.4, -0.2) is 24.7 Å². The van der Waals surface area contributed by atoms with Crippen molar-refractivity contribution in [3.8, 4) is 22.9 Å². The molecule has 2 bridgehead atoms. The minimum absolute atomic E-state index is 0.238. The summed E-state index contributed by atoms with van der Waals surface area (Å²) >= 11 is 0. The summed E-state index contributed by atoms with van der Waals surface area (Å²) in [5, 5.41) is 14.0. The number of nitrogens with two attached hydrogens (primary N) is 1. The summed E-state index contributed by atoms with van der Waals surface area (Å²) in [6.07, 6.45) is 2.82. The summed E-state index contributed by atoms with van der Waals surface area (Å²) in [6.45, 7) is 3.99. The standard InChI is InChI=1S/C23H24N6O2S/c1-13-6-7-16-17(9-13)14(2)31-19-10-15(12-26-22(19)25)21-18(11-24)29(3)27-23(21)28-32(30)8-4-5-20(16)32/h6-7,9-10,12,14,20H,4-5,8H2,1-3H3,(H2,25,26)/t14-,20?,32?/m1/s1. The van der Waals surface area contributed by atoms with Crippen LogP contribution in [0.3, 0.4) is 0 Å². The van der Waals surface area contributed by atoms with E-state index in [2.05, 4.69) is 22.2 Å². The van der Waals surface area contributed by atoms with Gasteiger partial charge in [0.1, 0.15) is 17.9 Å². The third-order valence-electron chi connectivity index (χ3n) is 6.22. The predicted octanol–water partition coefficient (Wildman–Crippen LogP) is 4.33. The van der Waals surface area contributed by atoms with E-state index in [1.165, 1.54) is 4.68 Å². The van der Waals surface area contributed by atoms with Gasteiger partial charge in [-0.2, -0.15) is 14.7 Å². The third kappa shape index (κ3) is 3.14. The molecule has 0 radical (unpaired) electrons. The Hall–Kier alpha value is -3.38. The second-order valence-electron chi connectivity index (χ2n) is 8.40. The maximum absolute atomic E-state index is 14.2. The van der Waals surface area contributed by atoms with Gasteiger partial charge in [-0.3, -0.25) is 4.68 Å². The van der Waals surface area contributed by atoms with E-state index in [1.807, 2.05) is 26.0 Å². The average Bonchev–Trinajstić information content (AvgIpc) is 3.27. The van der Waals surface area contributed by atoms with Gasteiger partial charge in [0.25, 0.3) is 0 Å². The zero-order valence-corrected chi connectivity index (χ0v) is 19.0. The fourth-order valence-corrected chi connectivity index (χ4v) is 7.31. The first-order valence-electron chi connectivity index (χ1n) is 10.5. The molecule has 0 spiro atoms. The molecule has 2 aliphatic rings. The monoisotopic (exact) mass is 448 g/mol. The molecule has 0 aliphatic carbocycles. The van der Waals surface area contributed by atoms with Gasteiger partial charge in [0.05, 0.1) is 20.5 Å². The molecule has 5 rings (SSSR count). The van der Waals surface area contributed by atoms with Gasteiger partial charge in [0.2, 0.25) is 0 Å². The lowest BCUT2D eigenvalue weighted by Gasteiger charge is -2.24. The minimum Gasteiger partial charge on any atom is -0.482 e. The predicted molar refractivity (Wildman–Crippen MR) is 123 cm³/mol. The highest BCUT2D eigenvalue weighted by Crippen LogP contribution is 2.45. The number of hydrogen-bond donors (Lipinski definition) is 1. The molecule has 4 heterocycles. The largest absolute Gasteiger partial charge is 0.482 e. The number of nitriles is 1. The van der Waals surface area contributed by atoms with Gasteiger partial charge in [-0.25, -0.2) is 9.19 Å². The molecule has 2 aromatic heterocycles. The fraction of sp³-hybridized carbons (Fsp3) is 0.348. The Bertz CT molecular complexity index is 1410. The molecule has 2 aliphatic heterocycles. The maximum Gasteiger partial charge on any atom is 0.192 e. The van der Waals surface area contributed by atoms with E-state index in [0.717, 1.165) is 29.5 Å². The molecule has 1 fully saturated rings. The Morgan fingerprint density at radius 2 is 2.12 bits per heavy atom.